The zero-order chi connectivity index (χ0) is 24.0. The number of carbonyl (C=O) groups excluding carboxylic acids is 2. The molecule has 2 amide bonds. The third kappa shape index (κ3) is 7.81. The molecule has 2 aromatic carbocycles. The molecule has 1 unspecified atom stereocenters. The molecule has 0 aromatic heterocycles. The zero-order valence-electron chi connectivity index (χ0n) is 17.7. The fourth-order valence-electron chi connectivity index (χ4n) is 3.50. The van der Waals surface area contributed by atoms with Gasteiger partial charge in [-0.05, 0) is 24.3 Å². The summed E-state index contributed by atoms with van der Waals surface area (Å²) in [6.07, 6.45) is -1.02. The van der Waals surface area contributed by atoms with Gasteiger partial charge in [-0.3, -0.25) is 19.4 Å². The molecule has 33 heavy (non-hydrogen) atoms. The lowest BCUT2D eigenvalue weighted by atomic mass is 10.2. The molecular weight excluding hydrogens is 494 g/mol. The summed E-state index contributed by atoms with van der Waals surface area (Å²) in [7, 11) is 0. The fourth-order valence-corrected chi connectivity index (χ4v) is 4.10. The Morgan fingerprint density at radius 1 is 0.970 bits per heavy atom. The second-order valence-electron chi connectivity index (χ2n) is 7.76. The quantitative estimate of drug-likeness (QED) is 0.465. The van der Waals surface area contributed by atoms with E-state index in [1.807, 2.05) is 9.80 Å². The number of hydrogen-bond donors (Lipinski definition) is 3. The molecule has 0 saturated carbocycles. The molecule has 11 heteroatoms. The molecule has 1 atom stereocenters. The van der Waals surface area contributed by atoms with Crippen LogP contribution >= 0.6 is 34.8 Å². The number of rotatable bonds is 8. The molecule has 7 nitrogen and oxygen atoms in total. The van der Waals surface area contributed by atoms with Gasteiger partial charge in [0.15, 0.2) is 0 Å². The summed E-state index contributed by atoms with van der Waals surface area (Å²) in [5.41, 5.74) is 0.555. The Labute approximate surface area is 206 Å². The minimum Gasteiger partial charge on any atom is -0.391 e. The number of nitrogens with zero attached hydrogens (tertiary/aromatic N) is 2. The average Bonchev–Trinajstić information content (AvgIpc) is 2.75. The average molecular weight is 518 g/mol. The molecule has 178 valence electrons. The van der Waals surface area contributed by atoms with Crippen molar-refractivity contribution in [3.05, 3.63) is 57.3 Å². The van der Waals surface area contributed by atoms with Crippen LogP contribution in [0, 0.1) is 5.82 Å². The Bertz CT molecular complexity index is 980. The first kappa shape index (κ1) is 25.7. The number of piperazine rings is 1. The van der Waals surface area contributed by atoms with E-state index in [9.17, 15) is 19.1 Å². The number of β-amino-alcohol motifs (C(OH)–C–C–N with tert-alkyl or cyclic N) is 1. The van der Waals surface area contributed by atoms with Crippen LogP contribution in [0.5, 0.6) is 0 Å². The molecule has 2 aromatic rings. The number of benzene rings is 2. The fraction of sp³-hybridized carbons (Fsp3) is 0.364. The van der Waals surface area contributed by atoms with E-state index < -0.39 is 17.8 Å². The van der Waals surface area contributed by atoms with Crippen molar-refractivity contribution in [2.75, 3.05) is 49.9 Å². The molecule has 1 heterocycles. The lowest BCUT2D eigenvalue weighted by Gasteiger charge is -2.35. The number of aliphatic hydroxyl groups is 1. The van der Waals surface area contributed by atoms with Crippen LogP contribution in [0.15, 0.2) is 36.4 Å². The smallest absolute Gasteiger partial charge is 0.238 e. The van der Waals surface area contributed by atoms with Gasteiger partial charge in [0.25, 0.3) is 0 Å². The second kappa shape index (κ2) is 12.0. The summed E-state index contributed by atoms with van der Waals surface area (Å²) in [5, 5.41) is 16.2. The van der Waals surface area contributed by atoms with Crippen molar-refractivity contribution in [2.24, 2.45) is 0 Å². The number of para-hydroxylation sites is 1. The van der Waals surface area contributed by atoms with Gasteiger partial charge in [-0.1, -0.05) is 46.9 Å². The van der Waals surface area contributed by atoms with E-state index in [4.69, 9.17) is 34.8 Å². The van der Waals surface area contributed by atoms with E-state index in [2.05, 4.69) is 10.6 Å². The van der Waals surface area contributed by atoms with Gasteiger partial charge in [0.05, 0.1) is 39.8 Å². The number of aliphatic hydroxyl groups excluding tert-OH is 1. The van der Waals surface area contributed by atoms with E-state index in [-0.39, 0.29) is 39.6 Å². The van der Waals surface area contributed by atoms with Crippen LogP contribution in [0.1, 0.15) is 6.42 Å². The van der Waals surface area contributed by atoms with Crippen molar-refractivity contribution in [3.63, 3.8) is 0 Å². The van der Waals surface area contributed by atoms with Gasteiger partial charge in [-0.2, -0.15) is 0 Å². The first-order valence-electron chi connectivity index (χ1n) is 10.3. The Balaban J connectivity index is 1.38. The molecule has 3 rings (SSSR count). The van der Waals surface area contributed by atoms with Crippen LogP contribution in [-0.2, 0) is 9.59 Å². The van der Waals surface area contributed by atoms with Gasteiger partial charge in [0.1, 0.15) is 5.82 Å². The number of amides is 2. The summed E-state index contributed by atoms with van der Waals surface area (Å²) in [4.78, 5) is 28.4. The molecule has 1 fully saturated rings. The third-order valence-electron chi connectivity index (χ3n) is 5.14. The maximum Gasteiger partial charge on any atom is 0.238 e. The molecule has 1 aliphatic rings. The van der Waals surface area contributed by atoms with Gasteiger partial charge in [-0.15, -0.1) is 0 Å². The molecule has 0 aliphatic carbocycles. The summed E-state index contributed by atoms with van der Waals surface area (Å²) >= 11 is 17.9. The van der Waals surface area contributed by atoms with E-state index in [0.29, 0.717) is 38.4 Å². The first-order valence-corrected chi connectivity index (χ1v) is 11.5. The monoisotopic (exact) mass is 516 g/mol. The van der Waals surface area contributed by atoms with Crippen LogP contribution in [0.25, 0.3) is 0 Å². The lowest BCUT2D eigenvalue weighted by molar-refractivity contribution is -0.119. The van der Waals surface area contributed by atoms with Gasteiger partial charge in [0, 0.05) is 38.4 Å². The highest BCUT2D eigenvalue weighted by Crippen LogP contribution is 2.33. The largest absolute Gasteiger partial charge is 0.391 e. The van der Waals surface area contributed by atoms with Gasteiger partial charge in [-0.25, -0.2) is 4.39 Å². The maximum atomic E-state index is 13.6. The van der Waals surface area contributed by atoms with Crippen molar-refractivity contribution in [1.82, 2.24) is 9.80 Å². The summed E-state index contributed by atoms with van der Waals surface area (Å²) in [6, 6.07) is 8.95. The van der Waals surface area contributed by atoms with Crippen LogP contribution in [0.2, 0.25) is 15.1 Å². The SMILES string of the molecule is O=C(CN1CCN(CC(O)CC(=O)Nc2ccccc2F)CC1)Nc1cc(Cl)c(Cl)c(Cl)c1. The minimum absolute atomic E-state index is 0.0877. The summed E-state index contributed by atoms with van der Waals surface area (Å²) in [5.74, 6) is -1.18. The number of halogens is 4. The molecule has 1 saturated heterocycles. The molecule has 0 spiro atoms. The highest BCUT2D eigenvalue weighted by molar-refractivity contribution is 6.48. The van der Waals surface area contributed by atoms with Crippen molar-refractivity contribution in [3.8, 4) is 0 Å². The Morgan fingerprint density at radius 3 is 2.21 bits per heavy atom. The molecular formula is C22H24Cl3FN4O3. The Hall–Kier alpha value is -1.94. The predicted octanol–water partition coefficient (Wildman–Crippen LogP) is 3.73. The molecule has 3 N–H and O–H groups in total. The number of carbonyl (C=O) groups is 2. The normalized spacial score (nSPS) is 15.8. The lowest BCUT2D eigenvalue weighted by Crippen LogP contribution is -2.50. The van der Waals surface area contributed by atoms with Gasteiger partial charge < -0.3 is 15.7 Å². The highest BCUT2D eigenvalue weighted by atomic mass is 35.5. The van der Waals surface area contributed by atoms with Crippen molar-refractivity contribution in [2.45, 2.75) is 12.5 Å². The van der Waals surface area contributed by atoms with Crippen LogP contribution < -0.4 is 10.6 Å². The first-order chi connectivity index (χ1) is 15.7. The molecule has 0 radical (unpaired) electrons. The van der Waals surface area contributed by atoms with E-state index in [0.717, 1.165) is 0 Å². The highest BCUT2D eigenvalue weighted by Gasteiger charge is 2.22. The number of anilines is 2. The van der Waals surface area contributed by atoms with Crippen molar-refractivity contribution in [1.29, 1.82) is 0 Å². The zero-order valence-corrected chi connectivity index (χ0v) is 19.9. The van der Waals surface area contributed by atoms with Crippen LogP contribution in [-0.4, -0.2) is 72.1 Å². The van der Waals surface area contributed by atoms with Crippen molar-refractivity contribution < 1.29 is 19.1 Å². The second-order valence-corrected chi connectivity index (χ2v) is 8.96. The van der Waals surface area contributed by atoms with Crippen LogP contribution in [0.4, 0.5) is 15.8 Å². The summed E-state index contributed by atoms with van der Waals surface area (Å²) in [6.45, 7) is 3.04. The van der Waals surface area contributed by atoms with E-state index >= 15 is 0 Å². The number of hydrogen-bond acceptors (Lipinski definition) is 5. The summed E-state index contributed by atoms with van der Waals surface area (Å²) < 4.78 is 13.6. The molecule has 0 bridgehead atoms. The standard InChI is InChI=1S/C22H24Cl3FN4O3/c23-16-9-14(10-17(24)22(16)25)27-21(33)13-30-7-5-29(6-8-30)12-15(31)11-20(32)28-19-4-2-1-3-18(19)26/h1-4,9-10,15,31H,5-8,11-13H2,(H,27,33)(H,28,32). The predicted molar refractivity (Wildman–Crippen MR) is 129 cm³/mol. The van der Waals surface area contributed by atoms with Crippen molar-refractivity contribution >= 4 is 58.0 Å². The number of nitrogens with one attached hydrogen (secondary N) is 2. The Morgan fingerprint density at radius 2 is 1.58 bits per heavy atom. The van der Waals surface area contributed by atoms with E-state index in [1.54, 1.807) is 6.07 Å². The van der Waals surface area contributed by atoms with Gasteiger partial charge in [0.2, 0.25) is 11.8 Å². The topological polar surface area (TPSA) is 84.9 Å². The Kier molecular flexibility index (Phi) is 9.31. The van der Waals surface area contributed by atoms with Crippen LogP contribution in [0.3, 0.4) is 0 Å². The minimum atomic E-state index is -0.883. The van der Waals surface area contributed by atoms with E-state index in [1.165, 1.54) is 30.3 Å². The molecule has 1 aliphatic heterocycles. The maximum absolute atomic E-state index is 13.6. The third-order valence-corrected chi connectivity index (χ3v) is 6.33. The van der Waals surface area contributed by atoms with Gasteiger partial charge >= 0.3 is 0 Å².